The molecular formula is C18H25NO2. The van der Waals surface area contributed by atoms with Crippen molar-refractivity contribution >= 4 is 12.0 Å². The normalized spacial score (nSPS) is 16.7. The zero-order valence-corrected chi connectivity index (χ0v) is 13.0. The zero-order valence-electron chi connectivity index (χ0n) is 13.0. The number of methoxy groups -OCH3 is 1. The Kier molecular flexibility index (Phi) is 5.85. The highest BCUT2D eigenvalue weighted by Crippen LogP contribution is 2.22. The molecule has 0 heterocycles. The SMILES string of the molecule is COc1ccccc1/C=C/C(=O)N(C)C1CCCCCC1. The van der Waals surface area contributed by atoms with Gasteiger partial charge >= 0.3 is 0 Å². The molecule has 1 aliphatic rings. The number of benzene rings is 1. The summed E-state index contributed by atoms with van der Waals surface area (Å²) in [6.45, 7) is 0. The first kappa shape index (κ1) is 15.6. The molecule has 0 radical (unpaired) electrons. The van der Waals surface area contributed by atoms with Crippen molar-refractivity contribution in [3.05, 3.63) is 35.9 Å². The number of carbonyl (C=O) groups is 1. The second-order valence-corrected chi connectivity index (χ2v) is 5.67. The molecule has 1 aromatic rings. The summed E-state index contributed by atoms with van der Waals surface area (Å²) in [5, 5.41) is 0. The molecule has 1 aromatic carbocycles. The predicted molar refractivity (Wildman–Crippen MR) is 86.3 cm³/mol. The van der Waals surface area contributed by atoms with Crippen LogP contribution in [0.15, 0.2) is 30.3 Å². The second-order valence-electron chi connectivity index (χ2n) is 5.67. The van der Waals surface area contributed by atoms with Crippen LogP contribution in [-0.4, -0.2) is 31.0 Å². The van der Waals surface area contributed by atoms with Crippen molar-refractivity contribution in [2.24, 2.45) is 0 Å². The highest BCUT2D eigenvalue weighted by atomic mass is 16.5. The highest BCUT2D eigenvalue weighted by molar-refractivity contribution is 5.92. The molecular weight excluding hydrogens is 262 g/mol. The lowest BCUT2D eigenvalue weighted by Gasteiger charge is -2.26. The minimum absolute atomic E-state index is 0.0767. The van der Waals surface area contributed by atoms with E-state index >= 15 is 0 Å². The van der Waals surface area contributed by atoms with Gasteiger partial charge in [0.05, 0.1) is 7.11 Å². The number of carbonyl (C=O) groups excluding carboxylic acids is 1. The standard InChI is InChI=1S/C18H25NO2/c1-19(16-10-5-3-4-6-11-16)18(20)14-13-15-9-7-8-12-17(15)21-2/h7-9,12-14,16H,3-6,10-11H2,1-2H3/b14-13+. The lowest BCUT2D eigenvalue weighted by molar-refractivity contribution is -0.126. The van der Waals surface area contributed by atoms with Gasteiger partial charge in [-0.25, -0.2) is 0 Å². The minimum Gasteiger partial charge on any atom is -0.496 e. The van der Waals surface area contributed by atoms with E-state index in [1.165, 1.54) is 25.7 Å². The predicted octanol–water partition coefficient (Wildman–Crippen LogP) is 3.89. The van der Waals surface area contributed by atoms with Gasteiger partial charge in [0.15, 0.2) is 0 Å². The lowest BCUT2D eigenvalue weighted by Crippen LogP contribution is -2.35. The van der Waals surface area contributed by atoms with Crippen LogP contribution in [0.4, 0.5) is 0 Å². The minimum atomic E-state index is 0.0767. The van der Waals surface area contributed by atoms with E-state index in [1.807, 2.05) is 42.3 Å². The van der Waals surface area contributed by atoms with Gasteiger partial charge < -0.3 is 9.64 Å². The molecule has 1 aliphatic carbocycles. The number of ether oxygens (including phenoxy) is 1. The smallest absolute Gasteiger partial charge is 0.246 e. The Morgan fingerprint density at radius 3 is 2.52 bits per heavy atom. The quantitative estimate of drug-likeness (QED) is 0.621. The van der Waals surface area contributed by atoms with Crippen molar-refractivity contribution in [2.45, 2.75) is 44.6 Å². The zero-order chi connectivity index (χ0) is 15.1. The number of hydrogen-bond donors (Lipinski definition) is 0. The van der Waals surface area contributed by atoms with Gasteiger partial charge in [0.1, 0.15) is 5.75 Å². The Labute approximate surface area is 127 Å². The van der Waals surface area contributed by atoms with Crippen LogP contribution >= 0.6 is 0 Å². The fourth-order valence-electron chi connectivity index (χ4n) is 2.91. The maximum absolute atomic E-state index is 12.3. The number of hydrogen-bond acceptors (Lipinski definition) is 2. The van der Waals surface area contributed by atoms with E-state index in [-0.39, 0.29) is 5.91 Å². The summed E-state index contributed by atoms with van der Waals surface area (Å²) in [7, 11) is 3.57. The van der Waals surface area contributed by atoms with Gasteiger partial charge in [0.25, 0.3) is 0 Å². The summed E-state index contributed by atoms with van der Waals surface area (Å²) < 4.78 is 5.29. The maximum Gasteiger partial charge on any atom is 0.246 e. The van der Waals surface area contributed by atoms with Gasteiger partial charge in [0, 0.05) is 24.7 Å². The molecule has 21 heavy (non-hydrogen) atoms. The van der Waals surface area contributed by atoms with Crippen molar-refractivity contribution < 1.29 is 9.53 Å². The summed E-state index contributed by atoms with van der Waals surface area (Å²) in [5.74, 6) is 0.867. The van der Waals surface area contributed by atoms with Crippen LogP contribution in [0, 0.1) is 0 Å². The number of para-hydroxylation sites is 1. The molecule has 1 saturated carbocycles. The highest BCUT2D eigenvalue weighted by Gasteiger charge is 2.19. The van der Waals surface area contributed by atoms with Gasteiger partial charge in [-0.1, -0.05) is 43.9 Å². The van der Waals surface area contributed by atoms with Crippen LogP contribution in [0.25, 0.3) is 6.08 Å². The Hall–Kier alpha value is -1.77. The number of amides is 1. The molecule has 1 fully saturated rings. The molecule has 0 aromatic heterocycles. The second kappa shape index (κ2) is 7.87. The van der Waals surface area contributed by atoms with Crippen molar-refractivity contribution in [1.82, 2.24) is 4.90 Å². The third-order valence-corrected chi connectivity index (χ3v) is 4.26. The number of nitrogens with zero attached hydrogens (tertiary/aromatic N) is 1. The number of rotatable bonds is 4. The lowest BCUT2D eigenvalue weighted by atomic mass is 10.1. The van der Waals surface area contributed by atoms with E-state index < -0.39 is 0 Å². The van der Waals surface area contributed by atoms with E-state index in [2.05, 4.69) is 0 Å². The topological polar surface area (TPSA) is 29.5 Å². The van der Waals surface area contributed by atoms with E-state index in [0.29, 0.717) is 6.04 Å². The molecule has 0 aliphatic heterocycles. The van der Waals surface area contributed by atoms with E-state index in [9.17, 15) is 4.79 Å². The fraction of sp³-hybridized carbons (Fsp3) is 0.500. The van der Waals surface area contributed by atoms with Crippen LogP contribution in [0.2, 0.25) is 0 Å². The Balaban J connectivity index is 2.00. The van der Waals surface area contributed by atoms with Crippen molar-refractivity contribution in [1.29, 1.82) is 0 Å². The molecule has 0 N–H and O–H groups in total. The molecule has 3 heteroatoms. The van der Waals surface area contributed by atoms with Gasteiger partial charge in [-0.3, -0.25) is 4.79 Å². The van der Waals surface area contributed by atoms with E-state index in [4.69, 9.17) is 4.74 Å². The molecule has 114 valence electrons. The van der Waals surface area contributed by atoms with Crippen LogP contribution in [0.3, 0.4) is 0 Å². The van der Waals surface area contributed by atoms with Gasteiger partial charge in [-0.2, -0.15) is 0 Å². The van der Waals surface area contributed by atoms with Gasteiger partial charge in [-0.05, 0) is 25.0 Å². The first-order valence-electron chi connectivity index (χ1n) is 7.80. The van der Waals surface area contributed by atoms with Crippen LogP contribution in [-0.2, 0) is 4.79 Å². The molecule has 3 nitrogen and oxygen atoms in total. The molecule has 2 rings (SSSR count). The molecule has 0 saturated heterocycles. The molecule has 0 unspecified atom stereocenters. The molecule has 0 atom stereocenters. The summed E-state index contributed by atoms with van der Waals surface area (Å²) >= 11 is 0. The van der Waals surface area contributed by atoms with E-state index in [1.54, 1.807) is 13.2 Å². The Bertz CT molecular complexity index is 488. The summed E-state index contributed by atoms with van der Waals surface area (Å²) in [5.41, 5.74) is 0.933. The van der Waals surface area contributed by atoms with Crippen molar-refractivity contribution in [2.75, 3.05) is 14.2 Å². The van der Waals surface area contributed by atoms with Gasteiger partial charge in [0.2, 0.25) is 5.91 Å². The Morgan fingerprint density at radius 1 is 1.19 bits per heavy atom. The summed E-state index contributed by atoms with van der Waals surface area (Å²) in [6, 6.07) is 8.12. The van der Waals surface area contributed by atoms with Crippen LogP contribution in [0.1, 0.15) is 44.1 Å². The first-order chi connectivity index (χ1) is 10.2. The largest absolute Gasteiger partial charge is 0.496 e. The van der Waals surface area contributed by atoms with Crippen molar-refractivity contribution in [3.8, 4) is 5.75 Å². The molecule has 1 amide bonds. The molecule has 0 spiro atoms. The monoisotopic (exact) mass is 287 g/mol. The average molecular weight is 287 g/mol. The molecule has 0 bridgehead atoms. The van der Waals surface area contributed by atoms with Crippen LogP contribution in [0.5, 0.6) is 5.75 Å². The van der Waals surface area contributed by atoms with Crippen molar-refractivity contribution in [3.63, 3.8) is 0 Å². The third-order valence-electron chi connectivity index (χ3n) is 4.26. The summed E-state index contributed by atoms with van der Waals surface area (Å²) in [6.07, 6.45) is 10.8. The third kappa shape index (κ3) is 4.35. The first-order valence-corrected chi connectivity index (χ1v) is 7.80. The Morgan fingerprint density at radius 2 is 1.86 bits per heavy atom. The maximum atomic E-state index is 12.3. The number of likely N-dealkylation sites (N-methyl/N-ethyl adjacent to an activating group) is 1. The van der Waals surface area contributed by atoms with Crippen LogP contribution < -0.4 is 4.74 Å². The fourth-order valence-corrected chi connectivity index (χ4v) is 2.91. The summed E-state index contributed by atoms with van der Waals surface area (Å²) in [4.78, 5) is 14.2. The van der Waals surface area contributed by atoms with E-state index in [0.717, 1.165) is 24.2 Å². The van der Waals surface area contributed by atoms with Gasteiger partial charge in [-0.15, -0.1) is 0 Å². The average Bonchev–Trinajstić information content (AvgIpc) is 2.81.